The molecule has 1 atom stereocenters. The Hall–Kier alpha value is -0.710. The maximum absolute atomic E-state index is 11.7. The van der Waals surface area contributed by atoms with Gasteiger partial charge >= 0.3 is 5.97 Å². The van der Waals surface area contributed by atoms with Crippen molar-refractivity contribution in [1.29, 1.82) is 0 Å². The van der Waals surface area contributed by atoms with Crippen LogP contribution in [-0.2, 0) is 9.59 Å². The molecule has 2 fully saturated rings. The third-order valence-electron chi connectivity index (χ3n) is 3.36. The summed E-state index contributed by atoms with van der Waals surface area (Å²) in [4.78, 5) is 22.6. The van der Waals surface area contributed by atoms with Gasteiger partial charge in [0.25, 0.3) is 0 Å². The molecule has 0 radical (unpaired) electrons. The number of hydrogen-bond donors (Lipinski definition) is 2. The summed E-state index contributed by atoms with van der Waals surface area (Å²) in [5, 5.41) is 12.2. The van der Waals surface area contributed by atoms with Gasteiger partial charge in [0.2, 0.25) is 5.91 Å². The number of hydrogen-bond acceptors (Lipinski definition) is 3. The van der Waals surface area contributed by atoms with Gasteiger partial charge < -0.3 is 10.4 Å². The number of thioether (sulfide) groups is 1. The minimum Gasteiger partial charge on any atom is -0.480 e. The minimum absolute atomic E-state index is 0.286. The number of amides is 1. The average molecular weight is 243 g/mol. The Kier molecular flexibility index (Phi) is 3.42. The molecule has 0 spiro atoms. The van der Waals surface area contributed by atoms with Crippen LogP contribution in [0.2, 0.25) is 0 Å². The fourth-order valence-electron chi connectivity index (χ4n) is 2.01. The van der Waals surface area contributed by atoms with Gasteiger partial charge in [-0.25, -0.2) is 0 Å². The summed E-state index contributed by atoms with van der Waals surface area (Å²) >= 11 is 1.88. The van der Waals surface area contributed by atoms with Crippen molar-refractivity contribution in [3.63, 3.8) is 0 Å². The molecule has 2 N–H and O–H groups in total. The van der Waals surface area contributed by atoms with E-state index in [9.17, 15) is 9.59 Å². The monoisotopic (exact) mass is 243 g/mol. The molecule has 0 aromatic rings. The summed E-state index contributed by atoms with van der Waals surface area (Å²) in [6.07, 6.45) is 4.59. The number of carbonyl (C=O) groups excluding carboxylic acids is 1. The van der Waals surface area contributed by atoms with Crippen LogP contribution in [0.5, 0.6) is 0 Å². The molecule has 2 aliphatic rings. The molecular formula is C11H17NO3S. The summed E-state index contributed by atoms with van der Waals surface area (Å²) in [7, 11) is 0. The zero-order valence-corrected chi connectivity index (χ0v) is 10.0. The molecule has 1 saturated heterocycles. The van der Waals surface area contributed by atoms with Crippen molar-refractivity contribution in [3.8, 4) is 0 Å². The van der Waals surface area contributed by atoms with Crippen LogP contribution in [0.1, 0.15) is 32.1 Å². The molecule has 1 aliphatic carbocycles. The third kappa shape index (κ3) is 2.34. The quantitative estimate of drug-likeness (QED) is 0.729. The molecule has 1 unspecified atom stereocenters. The Bertz CT molecular complexity index is 296. The highest BCUT2D eigenvalue weighted by molar-refractivity contribution is 7.99. The van der Waals surface area contributed by atoms with E-state index in [1.807, 2.05) is 11.8 Å². The number of rotatable bonds is 4. The van der Waals surface area contributed by atoms with E-state index in [1.165, 1.54) is 12.8 Å². The standard InChI is InChI=1S/C11H17NO3S/c13-9(11(4-5-11)10(14)15)12-7-8-3-1-2-6-16-8/h8H,1-7H2,(H,12,13)(H,14,15). The van der Waals surface area contributed by atoms with Gasteiger partial charge in [0, 0.05) is 11.8 Å². The number of nitrogens with one attached hydrogen (secondary N) is 1. The molecule has 90 valence electrons. The molecule has 1 saturated carbocycles. The molecule has 0 aromatic heterocycles. The summed E-state index contributed by atoms with van der Waals surface area (Å²) in [5.41, 5.74) is -1.08. The third-order valence-corrected chi connectivity index (χ3v) is 4.76. The van der Waals surface area contributed by atoms with Crippen LogP contribution in [0.4, 0.5) is 0 Å². The molecule has 1 amide bonds. The maximum Gasteiger partial charge on any atom is 0.319 e. The maximum atomic E-state index is 11.7. The summed E-state index contributed by atoms with van der Waals surface area (Å²) in [6.45, 7) is 0.624. The van der Waals surface area contributed by atoms with Gasteiger partial charge in [0.15, 0.2) is 0 Å². The second-order valence-corrected chi connectivity index (χ2v) is 5.99. The number of aliphatic carboxylic acids is 1. The lowest BCUT2D eigenvalue weighted by Gasteiger charge is -2.22. The van der Waals surface area contributed by atoms with Gasteiger partial charge in [0.1, 0.15) is 5.41 Å². The molecule has 16 heavy (non-hydrogen) atoms. The second kappa shape index (κ2) is 4.65. The minimum atomic E-state index is -1.08. The Balaban J connectivity index is 1.77. The fraction of sp³-hybridized carbons (Fsp3) is 0.818. The van der Waals surface area contributed by atoms with E-state index >= 15 is 0 Å². The zero-order valence-electron chi connectivity index (χ0n) is 9.20. The normalized spacial score (nSPS) is 27.1. The first-order valence-electron chi connectivity index (χ1n) is 5.78. The molecule has 1 heterocycles. The topological polar surface area (TPSA) is 66.4 Å². The Labute approximate surface area is 99.2 Å². The van der Waals surface area contributed by atoms with Crippen LogP contribution in [0, 0.1) is 5.41 Å². The van der Waals surface area contributed by atoms with Crippen molar-refractivity contribution in [1.82, 2.24) is 5.32 Å². The van der Waals surface area contributed by atoms with Gasteiger partial charge in [-0.1, -0.05) is 6.42 Å². The molecular weight excluding hydrogens is 226 g/mol. The SMILES string of the molecule is O=C(O)C1(C(=O)NCC2CCCCS2)CC1. The molecule has 1 aliphatic heterocycles. The summed E-state index contributed by atoms with van der Waals surface area (Å²) < 4.78 is 0. The second-order valence-electron chi connectivity index (χ2n) is 4.59. The number of carboxylic acids is 1. The predicted octanol–water partition coefficient (Wildman–Crippen LogP) is 1.25. The Morgan fingerprint density at radius 2 is 2.12 bits per heavy atom. The zero-order chi connectivity index (χ0) is 11.6. The smallest absolute Gasteiger partial charge is 0.319 e. The Morgan fingerprint density at radius 1 is 1.38 bits per heavy atom. The van der Waals surface area contributed by atoms with Crippen molar-refractivity contribution >= 4 is 23.6 Å². The first-order chi connectivity index (χ1) is 7.65. The van der Waals surface area contributed by atoms with Crippen molar-refractivity contribution < 1.29 is 14.7 Å². The van der Waals surface area contributed by atoms with Gasteiger partial charge in [-0.3, -0.25) is 9.59 Å². The lowest BCUT2D eigenvalue weighted by molar-refractivity contribution is -0.149. The molecule has 4 nitrogen and oxygen atoms in total. The highest BCUT2D eigenvalue weighted by Crippen LogP contribution is 2.46. The molecule has 0 aromatic carbocycles. The van der Waals surface area contributed by atoms with Gasteiger partial charge in [-0.05, 0) is 31.4 Å². The van der Waals surface area contributed by atoms with Crippen LogP contribution >= 0.6 is 11.8 Å². The van der Waals surface area contributed by atoms with E-state index in [1.54, 1.807) is 0 Å². The summed E-state index contributed by atoms with van der Waals surface area (Å²) in [6, 6.07) is 0. The van der Waals surface area contributed by atoms with E-state index in [4.69, 9.17) is 5.11 Å². The average Bonchev–Trinajstić information content (AvgIpc) is 3.08. The van der Waals surface area contributed by atoms with Gasteiger partial charge in [0.05, 0.1) is 0 Å². The Morgan fingerprint density at radius 3 is 2.62 bits per heavy atom. The lowest BCUT2D eigenvalue weighted by atomic mass is 10.1. The van der Waals surface area contributed by atoms with E-state index in [0.29, 0.717) is 24.6 Å². The summed E-state index contributed by atoms with van der Waals surface area (Å²) in [5.74, 6) is -0.0996. The molecule has 5 heteroatoms. The molecule has 0 bridgehead atoms. The highest BCUT2D eigenvalue weighted by atomic mass is 32.2. The number of carbonyl (C=O) groups is 2. The fourth-order valence-corrected chi connectivity index (χ4v) is 3.25. The van der Waals surface area contributed by atoms with Crippen LogP contribution in [-0.4, -0.2) is 34.5 Å². The van der Waals surface area contributed by atoms with Gasteiger partial charge in [-0.2, -0.15) is 11.8 Å². The van der Waals surface area contributed by atoms with E-state index < -0.39 is 11.4 Å². The first-order valence-corrected chi connectivity index (χ1v) is 6.83. The van der Waals surface area contributed by atoms with E-state index in [-0.39, 0.29) is 5.91 Å². The van der Waals surface area contributed by atoms with E-state index in [2.05, 4.69) is 5.32 Å². The lowest BCUT2D eigenvalue weighted by Crippen LogP contribution is -2.40. The van der Waals surface area contributed by atoms with Crippen LogP contribution in [0.3, 0.4) is 0 Å². The van der Waals surface area contributed by atoms with Crippen molar-refractivity contribution in [3.05, 3.63) is 0 Å². The predicted molar refractivity (Wildman–Crippen MR) is 62.4 cm³/mol. The van der Waals surface area contributed by atoms with Crippen molar-refractivity contribution in [2.45, 2.75) is 37.4 Å². The van der Waals surface area contributed by atoms with E-state index in [0.717, 1.165) is 12.2 Å². The van der Waals surface area contributed by atoms with Gasteiger partial charge in [-0.15, -0.1) is 0 Å². The van der Waals surface area contributed by atoms with Crippen LogP contribution < -0.4 is 5.32 Å². The van der Waals surface area contributed by atoms with Crippen LogP contribution in [0.25, 0.3) is 0 Å². The number of carboxylic acid groups (broad SMARTS) is 1. The van der Waals surface area contributed by atoms with Crippen LogP contribution in [0.15, 0.2) is 0 Å². The van der Waals surface area contributed by atoms with Crippen molar-refractivity contribution in [2.24, 2.45) is 5.41 Å². The van der Waals surface area contributed by atoms with Crippen molar-refractivity contribution in [2.75, 3.05) is 12.3 Å². The highest BCUT2D eigenvalue weighted by Gasteiger charge is 2.57. The molecule has 2 rings (SSSR count). The first kappa shape index (κ1) is 11.8. The largest absolute Gasteiger partial charge is 0.480 e.